The van der Waals surface area contributed by atoms with Crippen molar-refractivity contribution in [3.8, 4) is 0 Å². The molecule has 0 saturated heterocycles. The number of hydrogen-bond donors (Lipinski definition) is 0. The minimum absolute atomic E-state index is 1.11. The first-order chi connectivity index (χ1) is 8.43. The molecule has 1 aliphatic heterocycles. The summed E-state index contributed by atoms with van der Waals surface area (Å²) in [5, 5.41) is 0. The summed E-state index contributed by atoms with van der Waals surface area (Å²) in [7, 11) is 0. The Balaban J connectivity index is 1.79. The lowest BCUT2D eigenvalue weighted by atomic mass is 10.1. The van der Waals surface area contributed by atoms with E-state index in [4.69, 9.17) is 0 Å². The van der Waals surface area contributed by atoms with Crippen molar-refractivity contribution in [3.05, 3.63) is 24.6 Å². The number of allylic oxidation sites excluding steroid dienone is 2. The highest BCUT2D eigenvalue weighted by Gasteiger charge is 1.97. The lowest BCUT2D eigenvalue weighted by molar-refractivity contribution is 0.459. The summed E-state index contributed by atoms with van der Waals surface area (Å²) >= 11 is 0. The largest absolute Gasteiger partial charge is 0.355 e. The molecular formula is C16H29N. The van der Waals surface area contributed by atoms with Crippen LogP contribution in [0.15, 0.2) is 24.6 Å². The fourth-order valence-corrected chi connectivity index (χ4v) is 2.27. The summed E-state index contributed by atoms with van der Waals surface area (Å²) in [5.74, 6) is 0. The number of hydrogen-bond acceptors (Lipinski definition) is 1. The van der Waals surface area contributed by atoms with Gasteiger partial charge in [-0.1, -0.05) is 70.4 Å². The van der Waals surface area contributed by atoms with Crippen LogP contribution in [0.1, 0.15) is 71.1 Å². The van der Waals surface area contributed by atoms with Gasteiger partial charge in [-0.25, -0.2) is 0 Å². The van der Waals surface area contributed by atoms with Gasteiger partial charge in [0.2, 0.25) is 0 Å². The molecule has 0 aromatic heterocycles. The molecule has 0 aliphatic carbocycles. The number of rotatable bonds is 10. The molecule has 0 bridgehead atoms. The van der Waals surface area contributed by atoms with E-state index in [1.54, 1.807) is 0 Å². The Labute approximate surface area is 108 Å². The van der Waals surface area contributed by atoms with Crippen molar-refractivity contribution < 1.29 is 0 Å². The Bertz CT molecular complexity index is 206. The van der Waals surface area contributed by atoms with Crippen LogP contribution in [0.4, 0.5) is 0 Å². The van der Waals surface area contributed by atoms with Crippen molar-refractivity contribution in [2.45, 2.75) is 71.1 Å². The van der Waals surface area contributed by atoms with E-state index in [0.717, 1.165) is 6.42 Å². The number of nitrogens with zero attached hydrogens (tertiary/aromatic N) is 1. The highest BCUT2D eigenvalue weighted by molar-refractivity contribution is 5.01. The highest BCUT2D eigenvalue weighted by atomic mass is 15.1. The summed E-state index contributed by atoms with van der Waals surface area (Å²) in [5.41, 5.74) is 0. The lowest BCUT2D eigenvalue weighted by Gasteiger charge is -2.17. The van der Waals surface area contributed by atoms with Gasteiger partial charge in [0.1, 0.15) is 0 Å². The molecule has 0 radical (unpaired) electrons. The van der Waals surface area contributed by atoms with Crippen molar-refractivity contribution in [1.82, 2.24) is 4.90 Å². The van der Waals surface area contributed by atoms with Gasteiger partial charge in [0.15, 0.2) is 0 Å². The SMILES string of the molecule is CCCCCCCCCCCN1C=CCC=C1. The Morgan fingerprint density at radius 2 is 1.29 bits per heavy atom. The predicted octanol–water partition coefficient (Wildman–Crippen LogP) is 5.25. The smallest absolute Gasteiger partial charge is 0.0219 e. The van der Waals surface area contributed by atoms with Gasteiger partial charge in [-0.15, -0.1) is 0 Å². The molecule has 1 rings (SSSR count). The zero-order valence-electron chi connectivity index (χ0n) is 11.5. The Morgan fingerprint density at radius 1 is 0.765 bits per heavy atom. The average molecular weight is 235 g/mol. The van der Waals surface area contributed by atoms with E-state index < -0.39 is 0 Å². The zero-order valence-corrected chi connectivity index (χ0v) is 11.5. The first-order valence-corrected chi connectivity index (χ1v) is 7.52. The van der Waals surface area contributed by atoms with Crippen LogP contribution in [0.2, 0.25) is 0 Å². The Kier molecular flexibility index (Phi) is 8.80. The maximum Gasteiger partial charge on any atom is 0.0219 e. The summed E-state index contributed by atoms with van der Waals surface area (Å²) in [6.45, 7) is 3.48. The van der Waals surface area contributed by atoms with Crippen LogP contribution in [0, 0.1) is 0 Å². The van der Waals surface area contributed by atoms with Gasteiger partial charge in [-0.05, 0) is 25.2 Å². The van der Waals surface area contributed by atoms with Crippen LogP contribution >= 0.6 is 0 Å². The molecule has 0 atom stereocenters. The second-order valence-electron chi connectivity index (χ2n) is 5.07. The fourth-order valence-electron chi connectivity index (χ4n) is 2.27. The molecule has 1 aliphatic rings. The van der Waals surface area contributed by atoms with Gasteiger partial charge >= 0.3 is 0 Å². The molecule has 0 aromatic carbocycles. The molecule has 0 saturated carbocycles. The molecule has 98 valence electrons. The molecule has 1 nitrogen and oxygen atoms in total. The predicted molar refractivity (Wildman–Crippen MR) is 76.8 cm³/mol. The normalized spacial score (nSPS) is 14.5. The van der Waals surface area contributed by atoms with Crippen LogP contribution < -0.4 is 0 Å². The lowest BCUT2D eigenvalue weighted by Crippen LogP contribution is -2.12. The molecule has 0 aromatic rings. The third-order valence-corrected chi connectivity index (χ3v) is 3.39. The van der Waals surface area contributed by atoms with Gasteiger partial charge < -0.3 is 4.90 Å². The van der Waals surface area contributed by atoms with Crippen molar-refractivity contribution in [1.29, 1.82) is 0 Å². The van der Waals surface area contributed by atoms with E-state index in [2.05, 4.69) is 36.4 Å². The van der Waals surface area contributed by atoms with E-state index in [1.807, 2.05) is 0 Å². The summed E-state index contributed by atoms with van der Waals surface area (Å²) < 4.78 is 0. The molecule has 0 unspecified atom stereocenters. The van der Waals surface area contributed by atoms with Crippen LogP contribution in [0.25, 0.3) is 0 Å². The van der Waals surface area contributed by atoms with Crippen molar-refractivity contribution in [2.24, 2.45) is 0 Å². The van der Waals surface area contributed by atoms with E-state index in [1.165, 1.54) is 64.3 Å². The van der Waals surface area contributed by atoms with Crippen molar-refractivity contribution in [3.63, 3.8) is 0 Å². The molecule has 1 heteroatoms. The average Bonchev–Trinajstić information content (AvgIpc) is 2.38. The summed E-state index contributed by atoms with van der Waals surface area (Å²) in [6.07, 6.45) is 22.7. The first kappa shape index (κ1) is 14.3. The molecule has 0 N–H and O–H groups in total. The highest BCUT2D eigenvalue weighted by Crippen LogP contribution is 2.10. The number of unbranched alkanes of at least 4 members (excludes halogenated alkanes) is 8. The van der Waals surface area contributed by atoms with Gasteiger partial charge in [0, 0.05) is 6.54 Å². The second-order valence-corrected chi connectivity index (χ2v) is 5.07. The maximum atomic E-state index is 2.31. The van der Waals surface area contributed by atoms with Crippen LogP contribution in [0.3, 0.4) is 0 Å². The van der Waals surface area contributed by atoms with Gasteiger partial charge in [-0.2, -0.15) is 0 Å². The summed E-state index contributed by atoms with van der Waals surface area (Å²) in [6, 6.07) is 0. The van der Waals surface area contributed by atoms with E-state index in [0.29, 0.717) is 0 Å². The van der Waals surface area contributed by atoms with Crippen LogP contribution in [-0.4, -0.2) is 11.4 Å². The van der Waals surface area contributed by atoms with Crippen LogP contribution in [-0.2, 0) is 0 Å². The van der Waals surface area contributed by atoms with Gasteiger partial charge in [0.05, 0.1) is 0 Å². The molecule has 1 heterocycles. The fraction of sp³-hybridized carbons (Fsp3) is 0.750. The topological polar surface area (TPSA) is 3.24 Å². The minimum atomic E-state index is 1.11. The zero-order chi connectivity index (χ0) is 12.2. The maximum absolute atomic E-state index is 2.31. The molecular weight excluding hydrogens is 206 g/mol. The van der Waals surface area contributed by atoms with Gasteiger partial charge in [0.25, 0.3) is 0 Å². The molecule has 0 amide bonds. The van der Waals surface area contributed by atoms with E-state index in [9.17, 15) is 0 Å². The molecule has 0 fully saturated rings. The Morgan fingerprint density at radius 3 is 1.88 bits per heavy atom. The third-order valence-electron chi connectivity index (χ3n) is 3.39. The minimum Gasteiger partial charge on any atom is -0.355 e. The van der Waals surface area contributed by atoms with Crippen LogP contribution in [0.5, 0.6) is 0 Å². The van der Waals surface area contributed by atoms with Gasteiger partial charge in [-0.3, -0.25) is 0 Å². The van der Waals surface area contributed by atoms with E-state index in [-0.39, 0.29) is 0 Å². The standard InChI is InChI=1S/C16H29N/c1-2-3-4-5-6-7-8-9-11-14-17-15-12-10-13-16-17/h12-13,15-16H,2-11,14H2,1H3. The molecule has 17 heavy (non-hydrogen) atoms. The second kappa shape index (κ2) is 10.4. The van der Waals surface area contributed by atoms with Crippen molar-refractivity contribution in [2.75, 3.05) is 6.54 Å². The molecule has 0 spiro atoms. The summed E-state index contributed by atoms with van der Waals surface area (Å²) in [4.78, 5) is 2.31. The Hall–Kier alpha value is -0.720. The third kappa shape index (κ3) is 8.06. The van der Waals surface area contributed by atoms with Crippen molar-refractivity contribution >= 4 is 0 Å². The first-order valence-electron chi connectivity index (χ1n) is 7.52. The quantitative estimate of drug-likeness (QED) is 0.467. The monoisotopic (exact) mass is 235 g/mol. The van der Waals surface area contributed by atoms with E-state index >= 15 is 0 Å².